The molecule has 0 atom stereocenters. The Balaban J connectivity index is 2.24. The minimum absolute atomic E-state index is 0.271. The zero-order valence-electron chi connectivity index (χ0n) is 8.68. The van der Waals surface area contributed by atoms with Crippen molar-refractivity contribution in [3.05, 3.63) is 58.7 Å². The number of hydrogen-bond acceptors (Lipinski definition) is 1. The summed E-state index contributed by atoms with van der Waals surface area (Å²) in [6, 6.07) is 8.09. The van der Waals surface area contributed by atoms with Crippen LogP contribution >= 0.6 is 0 Å². The van der Waals surface area contributed by atoms with Crippen LogP contribution in [0.3, 0.4) is 0 Å². The van der Waals surface area contributed by atoms with Crippen molar-refractivity contribution in [2.45, 2.75) is 0 Å². The average Bonchev–Trinajstić information content (AvgIpc) is 2.55. The summed E-state index contributed by atoms with van der Waals surface area (Å²) in [4.78, 5) is 11.4. The van der Waals surface area contributed by atoms with Crippen molar-refractivity contribution in [1.29, 1.82) is 0 Å². The van der Waals surface area contributed by atoms with Gasteiger partial charge in [-0.2, -0.15) is 0 Å². The van der Waals surface area contributed by atoms with Crippen molar-refractivity contribution in [2.24, 2.45) is 11.7 Å². The SMILES string of the molecule is NC(=O)C1C2=Cc3ccccc3C=C1C=C2. The van der Waals surface area contributed by atoms with Gasteiger partial charge in [0.05, 0.1) is 5.92 Å². The van der Waals surface area contributed by atoms with Gasteiger partial charge in [0.2, 0.25) is 5.91 Å². The summed E-state index contributed by atoms with van der Waals surface area (Å²) in [6.45, 7) is 0. The predicted molar refractivity (Wildman–Crippen MR) is 64.2 cm³/mol. The second-order valence-electron chi connectivity index (χ2n) is 4.09. The number of carbonyl (C=O) groups excluding carboxylic acids is 1. The van der Waals surface area contributed by atoms with Crippen LogP contribution in [-0.2, 0) is 4.79 Å². The van der Waals surface area contributed by atoms with E-state index in [1.807, 2.05) is 48.6 Å². The highest BCUT2D eigenvalue weighted by Gasteiger charge is 2.28. The second kappa shape index (κ2) is 3.20. The first-order valence-corrected chi connectivity index (χ1v) is 5.25. The van der Waals surface area contributed by atoms with Crippen LogP contribution in [0.2, 0.25) is 0 Å². The molecule has 2 N–H and O–H groups in total. The van der Waals surface area contributed by atoms with Crippen molar-refractivity contribution < 1.29 is 4.79 Å². The van der Waals surface area contributed by atoms with Gasteiger partial charge in [0.15, 0.2) is 0 Å². The molecule has 2 nitrogen and oxygen atoms in total. The minimum Gasteiger partial charge on any atom is -0.369 e. The first-order valence-electron chi connectivity index (χ1n) is 5.25. The quantitative estimate of drug-likeness (QED) is 0.756. The molecule has 0 unspecified atom stereocenters. The zero-order valence-corrected chi connectivity index (χ0v) is 8.68. The third-order valence-corrected chi connectivity index (χ3v) is 3.06. The third-order valence-electron chi connectivity index (χ3n) is 3.06. The van der Waals surface area contributed by atoms with Crippen LogP contribution in [-0.4, -0.2) is 5.91 Å². The second-order valence-corrected chi connectivity index (χ2v) is 4.09. The third kappa shape index (κ3) is 1.23. The highest BCUT2D eigenvalue weighted by atomic mass is 16.1. The van der Waals surface area contributed by atoms with Gasteiger partial charge in [0.1, 0.15) is 0 Å². The highest BCUT2D eigenvalue weighted by Crippen LogP contribution is 2.36. The van der Waals surface area contributed by atoms with Crippen LogP contribution in [0.15, 0.2) is 47.6 Å². The van der Waals surface area contributed by atoms with Crippen LogP contribution < -0.4 is 5.73 Å². The molecule has 0 fully saturated rings. The molecule has 0 aliphatic heterocycles. The smallest absolute Gasteiger partial charge is 0.229 e. The summed E-state index contributed by atoms with van der Waals surface area (Å²) in [5, 5.41) is 0. The van der Waals surface area contributed by atoms with Crippen LogP contribution in [0.1, 0.15) is 11.1 Å². The monoisotopic (exact) mass is 209 g/mol. The lowest BCUT2D eigenvalue weighted by Gasteiger charge is -2.07. The molecule has 0 spiro atoms. The topological polar surface area (TPSA) is 43.1 Å². The van der Waals surface area contributed by atoms with Crippen molar-refractivity contribution in [1.82, 2.24) is 0 Å². The molecule has 2 aliphatic carbocycles. The molecule has 78 valence electrons. The Morgan fingerprint density at radius 1 is 1.00 bits per heavy atom. The lowest BCUT2D eigenvalue weighted by atomic mass is 9.97. The number of allylic oxidation sites excluding steroid dienone is 2. The molecule has 16 heavy (non-hydrogen) atoms. The highest BCUT2D eigenvalue weighted by molar-refractivity contribution is 5.92. The van der Waals surface area contributed by atoms with Gasteiger partial charge < -0.3 is 5.73 Å². The maximum atomic E-state index is 11.4. The first kappa shape index (κ1) is 9.16. The Bertz CT molecular complexity index is 521. The fourth-order valence-corrected chi connectivity index (χ4v) is 2.30. The molecule has 2 heteroatoms. The molecule has 2 bridgehead atoms. The van der Waals surface area contributed by atoms with Gasteiger partial charge in [-0.15, -0.1) is 0 Å². The number of rotatable bonds is 1. The van der Waals surface area contributed by atoms with Gasteiger partial charge in [-0.05, 0) is 22.3 Å². The number of carbonyl (C=O) groups is 1. The lowest BCUT2D eigenvalue weighted by molar-refractivity contribution is -0.119. The van der Waals surface area contributed by atoms with Gasteiger partial charge in [-0.25, -0.2) is 0 Å². The van der Waals surface area contributed by atoms with E-state index in [2.05, 4.69) is 0 Å². The van der Waals surface area contributed by atoms with E-state index in [-0.39, 0.29) is 11.8 Å². The van der Waals surface area contributed by atoms with Gasteiger partial charge in [-0.1, -0.05) is 48.6 Å². The van der Waals surface area contributed by atoms with E-state index in [0.717, 1.165) is 22.3 Å². The molecule has 0 radical (unpaired) electrons. The van der Waals surface area contributed by atoms with E-state index >= 15 is 0 Å². The molecule has 3 rings (SSSR count). The Morgan fingerprint density at radius 3 is 1.94 bits per heavy atom. The summed E-state index contributed by atoms with van der Waals surface area (Å²) in [5.41, 5.74) is 9.69. The van der Waals surface area contributed by atoms with Crippen LogP contribution in [0, 0.1) is 5.92 Å². The number of fused-ring (bicyclic) bond motifs is 3. The van der Waals surface area contributed by atoms with Gasteiger partial charge in [0, 0.05) is 0 Å². The van der Waals surface area contributed by atoms with Crippen molar-refractivity contribution in [2.75, 3.05) is 0 Å². The largest absolute Gasteiger partial charge is 0.369 e. The summed E-state index contributed by atoms with van der Waals surface area (Å²) in [5.74, 6) is -0.553. The minimum atomic E-state index is -0.282. The van der Waals surface area contributed by atoms with E-state index in [1.54, 1.807) is 0 Å². The van der Waals surface area contributed by atoms with Gasteiger partial charge in [0.25, 0.3) is 0 Å². The van der Waals surface area contributed by atoms with E-state index in [4.69, 9.17) is 5.73 Å². The Kier molecular flexibility index (Phi) is 1.83. The van der Waals surface area contributed by atoms with Crippen LogP contribution in [0.4, 0.5) is 0 Å². The normalized spacial score (nSPS) is 17.5. The number of benzene rings is 1. The van der Waals surface area contributed by atoms with E-state index < -0.39 is 0 Å². The fourth-order valence-electron chi connectivity index (χ4n) is 2.30. The zero-order chi connectivity index (χ0) is 11.1. The van der Waals surface area contributed by atoms with Gasteiger partial charge >= 0.3 is 0 Å². The number of nitrogens with two attached hydrogens (primary N) is 1. The van der Waals surface area contributed by atoms with Crippen molar-refractivity contribution >= 4 is 18.1 Å². The molecular formula is C14H11NO. The molecular weight excluding hydrogens is 198 g/mol. The van der Waals surface area contributed by atoms with Crippen molar-refractivity contribution in [3.63, 3.8) is 0 Å². The maximum Gasteiger partial charge on any atom is 0.229 e. The molecule has 0 aromatic heterocycles. The Hall–Kier alpha value is -2.09. The Labute approximate surface area is 93.8 Å². The lowest BCUT2D eigenvalue weighted by Crippen LogP contribution is -2.23. The standard InChI is InChI=1S/C14H11NO/c15-14(16)13-11-5-6-12(13)8-10-4-2-1-3-9(10)7-11/h1-8,13H,(H2,15,16). The summed E-state index contributed by atoms with van der Waals surface area (Å²) < 4.78 is 0. The Morgan fingerprint density at radius 2 is 1.50 bits per heavy atom. The van der Waals surface area contributed by atoms with Gasteiger partial charge in [-0.3, -0.25) is 4.79 Å². The summed E-state index contributed by atoms with van der Waals surface area (Å²) in [6.07, 6.45) is 8.02. The number of amides is 1. The fraction of sp³-hybridized carbons (Fsp3) is 0.0714. The number of primary amides is 1. The first-order chi connectivity index (χ1) is 7.75. The molecule has 1 aromatic rings. The summed E-state index contributed by atoms with van der Waals surface area (Å²) in [7, 11) is 0. The predicted octanol–water partition coefficient (Wildman–Crippen LogP) is 2.14. The summed E-state index contributed by atoms with van der Waals surface area (Å²) >= 11 is 0. The molecule has 1 aromatic carbocycles. The van der Waals surface area contributed by atoms with Crippen LogP contribution in [0.5, 0.6) is 0 Å². The number of hydrogen-bond donors (Lipinski definition) is 1. The van der Waals surface area contributed by atoms with E-state index in [9.17, 15) is 4.79 Å². The molecule has 2 aliphatic rings. The molecule has 0 saturated carbocycles. The molecule has 0 heterocycles. The van der Waals surface area contributed by atoms with E-state index in [0.29, 0.717) is 0 Å². The van der Waals surface area contributed by atoms with E-state index in [1.165, 1.54) is 0 Å². The van der Waals surface area contributed by atoms with Crippen LogP contribution in [0.25, 0.3) is 12.2 Å². The maximum absolute atomic E-state index is 11.4. The average molecular weight is 209 g/mol. The molecule has 0 saturated heterocycles. The van der Waals surface area contributed by atoms with Crippen molar-refractivity contribution in [3.8, 4) is 0 Å². The molecule has 1 amide bonds.